The minimum Gasteiger partial charge on any atom is -0.417 e. The molecule has 1 aromatic heterocycles. The molecule has 7 nitrogen and oxygen atoms in total. The van der Waals surface area contributed by atoms with E-state index in [0.717, 1.165) is 0 Å². The maximum absolute atomic E-state index is 11.0. The fraction of sp³-hybridized carbons (Fsp3) is 0.0909. The number of ether oxygens (including phenoxy) is 1. The number of nitrogens with two attached hydrogens (primary N) is 1. The van der Waals surface area contributed by atoms with Gasteiger partial charge in [0.15, 0.2) is 0 Å². The van der Waals surface area contributed by atoms with E-state index in [-0.39, 0.29) is 23.3 Å². The lowest BCUT2D eigenvalue weighted by molar-refractivity contribution is -0.386. The molecule has 0 fully saturated rings. The smallest absolute Gasteiger partial charge is 0.324 e. The number of nitrogens with zero attached hydrogens (tertiary/aromatic N) is 3. The van der Waals surface area contributed by atoms with Crippen LogP contribution in [0.3, 0.4) is 0 Å². The molecule has 0 aliphatic rings. The van der Waals surface area contributed by atoms with Crippen LogP contribution in [0.25, 0.3) is 0 Å². The molecule has 18 heavy (non-hydrogen) atoms. The summed E-state index contributed by atoms with van der Waals surface area (Å²) in [5.74, 6) is 0.320. The molecule has 2 aromatic rings. The Labute approximate surface area is 102 Å². The van der Waals surface area contributed by atoms with Crippen LogP contribution in [0, 0.1) is 17.0 Å². The van der Waals surface area contributed by atoms with Crippen molar-refractivity contribution in [2.75, 3.05) is 5.73 Å². The highest BCUT2D eigenvalue weighted by Gasteiger charge is 2.19. The Morgan fingerprint density at radius 2 is 2.17 bits per heavy atom. The zero-order valence-electron chi connectivity index (χ0n) is 9.53. The summed E-state index contributed by atoms with van der Waals surface area (Å²) in [5.41, 5.74) is 5.87. The molecule has 0 saturated carbocycles. The monoisotopic (exact) mass is 246 g/mol. The number of rotatable bonds is 3. The van der Waals surface area contributed by atoms with Crippen LogP contribution in [-0.4, -0.2) is 14.9 Å². The van der Waals surface area contributed by atoms with E-state index >= 15 is 0 Å². The van der Waals surface area contributed by atoms with Crippen molar-refractivity contribution in [1.82, 2.24) is 9.97 Å². The first-order chi connectivity index (χ1) is 8.58. The lowest BCUT2D eigenvalue weighted by atomic mass is 10.2. The summed E-state index contributed by atoms with van der Waals surface area (Å²) >= 11 is 0. The normalized spacial score (nSPS) is 10.1. The minimum atomic E-state index is -0.503. The van der Waals surface area contributed by atoms with Gasteiger partial charge in [0.05, 0.1) is 4.92 Å². The SMILES string of the molecule is Cc1cccc(Oc2nccc(N)n2)c1[N+](=O)[O-]. The molecule has 0 saturated heterocycles. The molecule has 0 atom stereocenters. The van der Waals surface area contributed by atoms with Gasteiger partial charge in [0.25, 0.3) is 0 Å². The molecule has 92 valence electrons. The molecule has 1 aromatic carbocycles. The first-order valence-corrected chi connectivity index (χ1v) is 5.08. The highest BCUT2D eigenvalue weighted by Crippen LogP contribution is 2.32. The number of nitrogen functional groups attached to an aromatic ring is 1. The minimum absolute atomic E-state index is 0.0244. The Bertz CT molecular complexity index is 601. The third-order valence-corrected chi connectivity index (χ3v) is 2.24. The second-order valence-corrected chi connectivity index (χ2v) is 3.54. The van der Waals surface area contributed by atoms with Gasteiger partial charge in [0.1, 0.15) is 5.82 Å². The molecule has 2 N–H and O–H groups in total. The van der Waals surface area contributed by atoms with Gasteiger partial charge < -0.3 is 10.5 Å². The van der Waals surface area contributed by atoms with E-state index in [1.54, 1.807) is 19.1 Å². The van der Waals surface area contributed by atoms with E-state index in [0.29, 0.717) is 5.56 Å². The topological polar surface area (TPSA) is 104 Å². The van der Waals surface area contributed by atoms with Crippen LogP contribution in [0.5, 0.6) is 11.8 Å². The molecule has 0 aliphatic heterocycles. The summed E-state index contributed by atoms with van der Waals surface area (Å²) in [5, 5.41) is 11.0. The standard InChI is InChI=1S/C11H10N4O3/c1-7-3-2-4-8(10(7)15(16)17)18-11-13-6-5-9(12)14-11/h2-6H,1H3,(H2,12,13,14). The van der Waals surface area contributed by atoms with Gasteiger partial charge in [-0.1, -0.05) is 12.1 Å². The molecule has 0 radical (unpaired) electrons. The second-order valence-electron chi connectivity index (χ2n) is 3.54. The van der Waals surface area contributed by atoms with Gasteiger partial charge in [0.2, 0.25) is 5.75 Å². The van der Waals surface area contributed by atoms with E-state index in [2.05, 4.69) is 9.97 Å². The lowest BCUT2D eigenvalue weighted by Crippen LogP contribution is -1.99. The highest BCUT2D eigenvalue weighted by molar-refractivity contribution is 5.53. The zero-order valence-corrected chi connectivity index (χ0v) is 9.53. The average Bonchev–Trinajstić information content (AvgIpc) is 2.28. The fourth-order valence-corrected chi connectivity index (χ4v) is 1.45. The van der Waals surface area contributed by atoms with E-state index in [1.165, 1.54) is 18.3 Å². The molecule has 2 rings (SSSR count). The van der Waals surface area contributed by atoms with Crippen molar-refractivity contribution in [1.29, 1.82) is 0 Å². The molecular formula is C11H10N4O3. The maximum Gasteiger partial charge on any atom is 0.324 e. The van der Waals surface area contributed by atoms with Gasteiger partial charge in [-0.25, -0.2) is 4.98 Å². The summed E-state index contributed by atoms with van der Waals surface area (Å²) in [7, 11) is 0. The number of anilines is 1. The number of benzene rings is 1. The summed E-state index contributed by atoms with van der Waals surface area (Å²) in [6, 6.07) is 6.24. The van der Waals surface area contributed by atoms with E-state index in [1.807, 2.05) is 0 Å². The van der Waals surface area contributed by atoms with Crippen molar-refractivity contribution >= 4 is 11.5 Å². The largest absolute Gasteiger partial charge is 0.417 e. The van der Waals surface area contributed by atoms with Gasteiger partial charge in [-0.15, -0.1) is 0 Å². The third kappa shape index (κ3) is 2.34. The molecule has 0 bridgehead atoms. The predicted octanol–water partition coefficient (Wildman–Crippen LogP) is 2.07. The van der Waals surface area contributed by atoms with Crippen molar-refractivity contribution in [2.24, 2.45) is 0 Å². The van der Waals surface area contributed by atoms with E-state index in [4.69, 9.17) is 10.5 Å². The Kier molecular flexibility index (Phi) is 3.05. The molecule has 0 spiro atoms. The van der Waals surface area contributed by atoms with Crippen LogP contribution in [0.4, 0.5) is 11.5 Å². The fourth-order valence-electron chi connectivity index (χ4n) is 1.45. The summed E-state index contributed by atoms with van der Waals surface area (Å²) in [6.07, 6.45) is 1.42. The number of para-hydroxylation sites is 1. The molecule has 0 amide bonds. The number of hydrogen-bond acceptors (Lipinski definition) is 6. The van der Waals surface area contributed by atoms with Gasteiger partial charge in [-0.3, -0.25) is 10.1 Å². The van der Waals surface area contributed by atoms with Gasteiger partial charge in [0, 0.05) is 11.8 Å². The zero-order chi connectivity index (χ0) is 13.1. The summed E-state index contributed by atoms with van der Waals surface area (Å²) in [6.45, 7) is 1.63. The van der Waals surface area contributed by atoms with E-state index < -0.39 is 4.92 Å². The van der Waals surface area contributed by atoms with Crippen LogP contribution < -0.4 is 10.5 Å². The number of hydrogen-bond donors (Lipinski definition) is 1. The lowest BCUT2D eigenvalue weighted by Gasteiger charge is -2.06. The molecule has 1 heterocycles. The molecular weight excluding hydrogens is 236 g/mol. The Morgan fingerprint density at radius 3 is 2.83 bits per heavy atom. The first-order valence-electron chi connectivity index (χ1n) is 5.08. The Hall–Kier alpha value is -2.70. The highest BCUT2D eigenvalue weighted by atomic mass is 16.6. The van der Waals surface area contributed by atoms with Crippen molar-refractivity contribution in [3.8, 4) is 11.8 Å². The van der Waals surface area contributed by atoms with Crippen LogP contribution >= 0.6 is 0 Å². The van der Waals surface area contributed by atoms with Gasteiger partial charge in [-0.05, 0) is 19.1 Å². The summed E-state index contributed by atoms with van der Waals surface area (Å²) < 4.78 is 5.29. The average molecular weight is 246 g/mol. The molecule has 7 heteroatoms. The van der Waals surface area contributed by atoms with Crippen molar-refractivity contribution in [3.63, 3.8) is 0 Å². The van der Waals surface area contributed by atoms with Gasteiger partial charge >= 0.3 is 11.7 Å². The molecule has 0 aliphatic carbocycles. The third-order valence-electron chi connectivity index (χ3n) is 2.24. The van der Waals surface area contributed by atoms with Crippen LogP contribution in [0.1, 0.15) is 5.56 Å². The number of nitro benzene ring substituents is 1. The molecule has 0 unspecified atom stereocenters. The second kappa shape index (κ2) is 4.66. The number of aryl methyl sites for hydroxylation is 1. The number of aromatic nitrogens is 2. The van der Waals surface area contributed by atoms with Crippen molar-refractivity contribution in [3.05, 3.63) is 46.1 Å². The van der Waals surface area contributed by atoms with E-state index in [9.17, 15) is 10.1 Å². The Balaban J connectivity index is 2.40. The van der Waals surface area contributed by atoms with Crippen molar-refractivity contribution < 1.29 is 9.66 Å². The quantitative estimate of drug-likeness (QED) is 0.656. The predicted molar refractivity (Wildman–Crippen MR) is 64.4 cm³/mol. The first kappa shape index (κ1) is 11.8. The summed E-state index contributed by atoms with van der Waals surface area (Å²) in [4.78, 5) is 18.1. The van der Waals surface area contributed by atoms with Gasteiger partial charge in [-0.2, -0.15) is 4.98 Å². The van der Waals surface area contributed by atoms with Crippen LogP contribution in [-0.2, 0) is 0 Å². The Morgan fingerprint density at radius 1 is 1.39 bits per heavy atom. The maximum atomic E-state index is 11.0. The van der Waals surface area contributed by atoms with Crippen LogP contribution in [0.15, 0.2) is 30.5 Å². The number of nitro groups is 1. The van der Waals surface area contributed by atoms with Crippen LogP contribution in [0.2, 0.25) is 0 Å². The van der Waals surface area contributed by atoms with Crippen molar-refractivity contribution in [2.45, 2.75) is 6.92 Å².